The van der Waals surface area contributed by atoms with E-state index in [2.05, 4.69) is 10.2 Å². The second-order valence-electron chi connectivity index (χ2n) is 3.49. The van der Waals surface area contributed by atoms with Crippen molar-refractivity contribution in [3.8, 4) is 11.3 Å². The van der Waals surface area contributed by atoms with E-state index in [0.717, 1.165) is 6.07 Å². The zero-order chi connectivity index (χ0) is 13.5. The molecular formula is C10H6F5N3. The van der Waals surface area contributed by atoms with E-state index in [0.29, 0.717) is 6.07 Å². The summed E-state index contributed by atoms with van der Waals surface area (Å²) in [5, 5.41) is 5.41. The Bertz CT molecular complexity index is 588. The Hall–Kier alpha value is -2.12. The summed E-state index contributed by atoms with van der Waals surface area (Å²) < 4.78 is 63.8. The number of nitrogen functional groups attached to an aromatic ring is 1. The van der Waals surface area contributed by atoms with Gasteiger partial charge in [0, 0.05) is 5.56 Å². The van der Waals surface area contributed by atoms with Crippen LogP contribution in [0.3, 0.4) is 0 Å². The Balaban J connectivity index is 2.52. The summed E-state index contributed by atoms with van der Waals surface area (Å²) >= 11 is 0. The third kappa shape index (κ3) is 2.01. The third-order valence-electron chi connectivity index (χ3n) is 2.30. The highest BCUT2D eigenvalue weighted by molar-refractivity contribution is 5.64. The molecule has 96 valence electrons. The molecule has 0 aliphatic rings. The normalized spacial score (nSPS) is 11.8. The average Bonchev–Trinajstić information content (AvgIpc) is 2.59. The van der Waals surface area contributed by atoms with Gasteiger partial charge in [0.15, 0.2) is 11.6 Å². The van der Waals surface area contributed by atoms with E-state index in [1.165, 1.54) is 0 Å². The summed E-state index contributed by atoms with van der Waals surface area (Å²) in [5.41, 5.74) is 3.19. The van der Waals surface area contributed by atoms with Crippen LogP contribution in [-0.2, 0) is 6.18 Å². The minimum atomic E-state index is -4.66. The second kappa shape index (κ2) is 3.97. The molecule has 0 atom stereocenters. The lowest BCUT2D eigenvalue weighted by Gasteiger charge is -2.08. The van der Waals surface area contributed by atoms with Crippen molar-refractivity contribution in [2.24, 2.45) is 0 Å². The lowest BCUT2D eigenvalue weighted by atomic mass is 10.1. The molecule has 0 fully saturated rings. The number of halogens is 5. The van der Waals surface area contributed by atoms with E-state index in [-0.39, 0.29) is 11.6 Å². The van der Waals surface area contributed by atoms with E-state index in [4.69, 9.17) is 5.73 Å². The highest BCUT2D eigenvalue weighted by Gasteiger charge is 2.31. The fourth-order valence-corrected chi connectivity index (χ4v) is 1.41. The quantitative estimate of drug-likeness (QED) is 0.777. The van der Waals surface area contributed by atoms with Crippen LogP contribution in [0.1, 0.15) is 5.56 Å². The van der Waals surface area contributed by atoms with E-state index < -0.39 is 34.9 Å². The Labute approximate surface area is 97.4 Å². The van der Waals surface area contributed by atoms with Gasteiger partial charge in [-0.3, -0.25) is 5.10 Å². The smallest absolute Gasteiger partial charge is 0.380 e. The number of nitrogens with zero attached hydrogens (tertiary/aromatic N) is 1. The molecule has 0 radical (unpaired) electrons. The molecule has 18 heavy (non-hydrogen) atoms. The summed E-state index contributed by atoms with van der Waals surface area (Å²) in [6.07, 6.45) is -4.66. The predicted molar refractivity (Wildman–Crippen MR) is 53.4 cm³/mol. The molecule has 0 aliphatic carbocycles. The molecule has 1 aromatic carbocycles. The number of alkyl halides is 3. The van der Waals surface area contributed by atoms with Crippen LogP contribution in [0, 0.1) is 11.6 Å². The van der Waals surface area contributed by atoms with Crippen LogP contribution in [-0.4, -0.2) is 10.2 Å². The van der Waals surface area contributed by atoms with Gasteiger partial charge in [-0.2, -0.15) is 18.3 Å². The van der Waals surface area contributed by atoms with Gasteiger partial charge in [-0.1, -0.05) is 0 Å². The van der Waals surface area contributed by atoms with Crippen molar-refractivity contribution < 1.29 is 22.0 Å². The van der Waals surface area contributed by atoms with Gasteiger partial charge in [-0.05, 0) is 18.2 Å². The Kier molecular flexibility index (Phi) is 2.72. The molecule has 3 nitrogen and oxygen atoms in total. The monoisotopic (exact) mass is 263 g/mol. The largest absolute Gasteiger partial charge is 0.416 e. The molecule has 0 aliphatic heterocycles. The SMILES string of the molecule is Nc1n[nH]c(-c2ccc(C(F)(F)F)cc2F)c1F. The molecule has 2 aromatic rings. The third-order valence-corrected chi connectivity index (χ3v) is 2.30. The highest BCUT2D eigenvalue weighted by Crippen LogP contribution is 2.33. The Morgan fingerprint density at radius 1 is 1.17 bits per heavy atom. The first-order chi connectivity index (χ1) is 8.30. The lowest BCUT2D eigenvalue weighted by molar-refractivity contribution is -0.137. The number of aromatic nitrogens is 2. The molecule has 0 bridgehead atoms. The fraction of sp³-hybridized carbons (Fsp3) is 0.100. The predicted octanol–water partition coefficient (Wildman–Crippen LogP) is 2.96. The van der Waals surface area contributed by atoms with Crippen molar-refractivity contribution >= 4 is 5.82 Å². The number of rotatable bonds is 1. The minimum Gasteiger partial charge on any atom is -0.380 e. The summed E-state index contributed by atoms with van der Waals surface area (Å²) in [5.74, 6) is -2.70. The van der Waals surface area contributed by atoms with Gasteiger partial charge in [0.05, 0.1) is 5.56 Å². The van der Waals surface area contributed by atoms with Crippen LogP contribution in [0.5, 0.6) is 0 Å². The van der Waals surface area contributed by atoms with Crippen LogP contribution in [0.15, 0.2) is 18.2 Å². The second-order valence-corrected chi connectivity index (χ2v) is 3.49. The highest BCUT2D eigenvalue weighted by atomic mass is 19.4. The van der Waals surface area contributed by atoms with Crippen molar-refractivity contribution in [1.82, 2.24) is 10.2 Å². The number of anilines is 1. The first kappa shape index (κ1) is 12.3. The van der Waals surface area contributed by atoms with Crippen molar-refractivity contribution in [3.05, 3.63) is 35.4 Å². The van der Waals surface area contributed by atoms with Crippen LogP contribution < -0.4 is 5.73 Å². The molecule has 2 rings (SSSR count). The molecule has 1 heterocycles. The van der Waals surface area contributed by atoms with Gasteiger partial charge in [0.2, 0.25) is 0 Å². The molecule has 0 amide bonds. The number of H-pyrrole nitrogens is 1. The minimum absolute atomic E-state index is 0.284. The van der Waals surface area contributed by atoms with E-state index in [1.807, 2.05) is 0 Å². The molecule has 8 heteroatoms. The Morgan fingerprint density at radius 2 is 1.83 bits per heavy atom. The molecule has 0 unspecified atom stereocenters. The van der Waals surface area contributed by atoms with Gasteiger partial charge < -0.3 is 5.73 Å². The number of benzene rings is 1. The molecule has 0 saturated heterocycles. The lowest BCUT2D eigenvalue weighted by Crippen LogP contribution is -2.05. The summed E-state index contributed by atoms with van der Waals surface area (Å²) in [4.78, 5) is 0. The number of hydrogen-bond acceptors (Lipinski definition) is 2. The van der Waals surface area contributed by atoms with Crippen LogP contribution in [0.25, 0.3) is 11.3 Å². The molecular weight excluding hydrogens is 257 g/mol. The van der Waals surface area contributed by atoms with Gasteiger partial charge in [0.25, 0.3) is 0 Å². The number of nitrogens with two attached hydrogens (primary N) is 1. The van der Waals surface area contributed by atoms with Crippen molar-refractivity contribution in [2.45, 2.75) is 6.18 Å². The summed E-state index contributed by atoms with van der Waals surface area (Å²) in [6.45, 7) is 0. The summed E-state index contributed by atoms with van der Waals surface area (Å²) in [6, 6.07) is 1.74. The van der Waals surface area contributed by atoms with Crippen molar-refractivity contribution in [1.29, 1.82) is 0 Å². The molecule has 0 saturated carbocycles. The van der Waals surface area contributed by atoms with E-state index >= 15 is 0 Å². The van der Waals surface area contributed by atoms with Crippen molar-refractivity contribution in [3.63, 3.8) is 0 Å². The van der Waals surface area contributed by atoms with Gasteiger partial charge in [-0.25, -0.2) is 8.78 Å². The number of hydrogen-bond donors (Lipinski definition) is 2. The van der Waals surface area contributed by atoms with Crippen LogP contribution in [0.4, 0.5) is 27.8 Å². The van der Waals surface area contributed by atoms with Crippen molar-refractivity contribution in [2.75, 3.05) is 5.73 Å². The average molecular weight is 263 g/mol. The molecule has 3 N–H and O–H groups in total. The zero-order valence-electron chi connectivity index (χ0n) is 8.65. The first-order valence-corrected chi connectivity index (χ1v) is 4.67. The van der Waals surface area contributed by atoms with Crippen LogP contribution in [0.2, 0.25) is 0 Å². The van der Waals surface area contributed by atoms with Gasteiger partial charge in [0.1, 0.15) is 11.5 Å². The summed E-state index contributed by atoms with van der Waals surface area (Å²) in [7, 11) is 0. The zero-order valence-corrected chi connectivity index (χ0v) is 8.65. The maximum Gasteiger partial charge on any atom is 0.416 e. The number of aromatic amines is 1. The topological polar surface area (TPSA) is 54.7 Å². The maximum atomic E-state index is 13.5. The van der Waals surface area contributed by atoms with Crippen LogP contribution >= 0.6 is 0 Å². The van der Waals surface area contributed by atoms with Gasteiger partial charge in [-0.15, -0.1) is 0 Å². The van der Waals surface area contributed by atoms with E-state index in [9.17, 15) is 22.0 Å². The standard InChI is InChI=1S/C10H6F5N3/c11-6-3-4(10(13,14)15)1-2-5(6)8-7(12)9(16)18-17-8/h1-3H,(H3,16,17,18). The maximum absolute atomic E-state index is 13.5. The fourth-order valence-electron chi connectivity index (χ4n) is 1.41. The molecule has 0 spiro atoms. The first-order valence-electron chi connectivity index (χ1n) is 4.67. The van der Waals surface area contributed by atoms with E-state index in [1.54, 1.807) is 0 Å². The molecule has 1 aromatic heterocycles. The van der Waals surface area contributed by atoms with Gasteiger partial charge >= 0.3 is 6.18 Å². The Morgan fingerprint density at radius 3 is 2.28 bits per heavy atom. The number of nitrogens with one attached hydrogen (secondary N) is 1.